The molecule has 0 radical (unpaired) electrons. The van der Waals surface area contributed by atoms with Gasteiger partial charge in [-0.1, -0.05) is 0 Å². The SMILES string of the molecule is CC(CN)Nc1ncc2c(n1)CSC2. The maximum Gasteiger partial charge on any atom is 0.223 e. The summed E-state index contributed by atoms with van der Waals surface area (Å²) < 4.78 is 0. The molecule has 1 atom stereocenters. The van der Waals surface area contributed by atoms with Crippen molar-refractivity contribution in [2.75, 3.05) is 11.9 Å². The van der Waals surface area contributed by atoms with Gasteiger partial charge in [0.15, 0.2) is 0 Å². The minimum absolute atomic E-state index is 0.224. The molecule has 3 N–H and O–H groups in total. The van der Waals surface area contributed by atoms with E-state index in [0.717, 1.165) is 17.2 Å². The minimum Gasteiger partial charge on any atom is -0.350 e. The first kappa shape index (κ1) is 9.73. The van der Waals surface area contributed by atoms with Crippen LogP contribution in [0.4, 0.5) is 5.95 Å². The molecule has 14 heavy (non-hydrogen) atoms. The lowest BCUT2D eigenvalue weighted by molar-refractivity contribution is 0.788. The molecule has 0 bridgehead atoms. The van der Waals surface area contributed by atoms with E-state index < -0.39 is 0 Å². The molecule has 1 aliphatic heterocycles. The van der Waals surface area contributed by atoms with Crippen LogP contribution in [-0.2, 0) is 11.5 Å². The average molecular weight is 210 g/mol. The smallest absolute Gasteiger partial charge is 0.223 e. The summed E-state index contributed by atoms with van der Waals surface area (Å²) in [5.74, 6) is 2.75. The highest BCUT2D eigenvalue weighted by atomic mass is 32.2. The fourth-order valence-electron chi connectivity index (χ4n) is 1.29. The number of aromatic nitrogens is 2. The first-order valence-corrected chi connectivity index (χ1v) is 5.84. The molecule has 0 fully saturated rings. The first-order chi connectivity index (χ1) is 6.79. The predicted octanol–water partition coefficient (Wildman–Crippen LogP) is 0.982. The summed E-state index contributed by atoms with van der Waals surface area (Å²) in [6, 6.07) is 0.224. The number of nitrogens with zero attached hydrogens (tertiary/aromatic N) is 2. The Balaban J connectivity index is 2.12. The van der Waals surface area contributed by atoms with Crippen LogP contribution in [-0.4, -0.2) is 22.6 Å². The number of hydrogen-bond donors (Lipinski definition) is 2. The van der Waals surface area contributed by atoms with Crippen LogP contribution in [0.3, 0.4) is 0 Å². The summed E-state index contributed by atoms with van der Waals surface area (Å²) in [5.41, 5.74) is 7.94. The summed E-state index contributed by atoms with van der Waals surface area (Å²) in [6.45, 7) is 2.61. The van der Waals surface area contributed by atoms with Crippen molar-refractivity contribution in [3.63, 3.8) is 0 Å². The Morgan fingerprint density at radius 3 is 3.29 bits per heavy atom. The second-order valence-corrected chi connectivity index (χ2v) is 4.43. The molecule has 0 aliphatic carbocycles. The third-order valence-corrected chi connectivity index (χ3v) is 3.17. The molecule has 76 valence electrons. The van der Waals surface area contributed by atoms with Crippen molar-refractivity contribution in [2.24, 2.45) is 5.73 Å². The predicted molar refractivity (Wildman–Crippen MR) is 59.2 cm³/mol. The number of hydrogen-bond acceptors (Lipinski definition) is 5. The van der Waals surface area contributed by atoms with Crippen molar-refractivity contribution >= 4 is 17.7 Å². The Morgan fingerprint density at radius 2 is 2.50 bits per heavy atom. The van der Waals surface area contributed by atoms with E-state index >= 15 is 0 Å². The van der Waals surface area contributed by atoms with Gasteiger partial charge in [0.05, 0.1) is 5.69 Å². The molecular weight excluding hydrogens is 196 g/mol. The highest BCUT2D eigenvalue weighted by Crippen LogP contribution is 2.27. The van der Waals surface area contributed by atoms with Crippen LogP contribution in [0.2, 0.25) is 0 Å². The van der Waals surface area contributed by atoms with Crippen LogP contribution >= 0.6 is 11.8 Å². The number of nitrogens with two attached hydrogens (primary N) is 1. The zero-order valence-electron chi connectivity index (χ0n) is 8.16. The molecule has 2 heterocycles. The summed E-state index contributed by atoms with van der Waals surface area (Å²) in [4.78, 5) is 8.69. The highest BCUT2D eigenvalue weighted by Gasteiger charge is 2.14. The Kier molecular flexibility index (Phi) is 2.88. The summed E-state index contributed by atoms with van der Waals surface area (Å²) >= 11 is 1.88. The van der Waals surface area contributed by atoms with Crippen molar-refractivity contribution in [1.29, 1.82) is 0 Å². The van der Waals surface area contributed by atoms with Crippen molar-refractivity contribution in [1.82, 2.24) is 9.97 Å². The molecular formula is C9H14N4S. The average Bonchev–Trinajstić information content (AvgIpc) is 2.64. The van der Waals surface area contributed by atoms with E-state index in [1.165, 1.54) is 5.56 Å². The van der Waals surface area contributed by atoms with Crippen LogP contribution in [0.5, 0.6) is 0 Å². The Bertz CT molecular complexity index is 329. The van der Waals surface area contributed by atoms with Gasteiger partial charge in [0.2, 0.25) is 5.95 Å². The fraction of sp³-hybridized carbons (Fsp3) is 0.556. The Labute approximate surface area is 87.7 Å². The van der Waals surface area contributed by atoms with E-state index in [1.807, 2.05) is 24.9 Å². The molecule has 2 rings (SSSR count). The van der Waals surface area contributed by atoms with Crippen LogP contribution in [0, 0.1) is 0 Å². The number of rotatable bonds is 3. The summed E-state index contributed by atoms with van der Waals surface area (Å²) in [7, 11) is 0. The third kappa shape index (κ3) is 1.99. The maximum atomic E-state index is 5.51. The van der Waals surface area contributed by atoms with Crippen LogP contribution in [0.1, 0.15) is 18.2 Å². The second-order valence-electron chi connectivity index (χ2n) is 3.44. The van der Waals surface area contributed by atoms with E-state index in [4.69, 9.17) is 5.73 Å². The first-order valence-electron chi connectivity index (χ1n) is 4.68. The van der Waals surface area contributed by atoms with Crippen LogP contribution < -0.4 is 11.1 Å². The maximum absolute atomic E-state index is 5.51. The van der Waals surface area contributed by atoms with Crippen molar-refractivity contribution in [3.05, 3.63) is 17.5 Å². The van der Waals surface area contributed by atoms with Crippen molar-refractivity contribution < 1.29 is 0 Å². The van der Waals surface area contributed by atoms with Gasteiger partial charge in [0.1, 0.15) is 0 Å². The molecule has 1 aromatic rings. The molecule has 0 aromatic carbocycles. The van der Waals surface area contributed by atoms with Gasteiger partial charge in [-0.2, -0.15) is 11.8 Å². The summed E-state index contributed by atoms with van der Waals surface area (Å²) in [6.07, 6.45) is 1.91. The Morgan fingerprint density at radius 1 is 1.64 bits per heavy atom. The van der Waals surface area contributed by atoms with E-state index in [1.54, 1.807) is 0 Å². The van der Waals surface area contributed by atoms with Crippen LogP contribution in [0.25, 0.3) is 0 Å². The fourth-order valence-corrected chi connectivity index (χ4v) is 2.30. The van der Waals surface area contributed by atoms with E-state index in [0.29, 0.717) is 12.5 Å². The van der Waals surface area contributed by atoms with Crippen LogP contribution in [0.15, 0.2) is 6.20 Å². The monoisotopic (exact) mass is 210 g/mol. The van der Waals surface area contributed by atoms with Gasteiger partial charge in [-0.15, -0.1) is 0 Å². The van der Waals surface area contributed by atoms with E-state index in [9.17, 15) is 0 Å². The van der Waals surface area contributed by atoms with E-state index in [2.05, 4.69) is 15.3 Å². The third-order valence-electron chi connectivity index (χ3n) is 2.18. The van der Waals surface area contributed by atoms with Gasteiger partial charge in [-0.3, -0.25) is 0 Å². The van der Waals surface area contributed by atoms with Gasteiger partial charge in [-0.25, -0.2) is 9.97 Å². The van der Waals surface area contributed by atoms with Gasteiger partial charge < -0.3 is 11.1 Å². The number of thioether (sulfide) groups is 1. The molecule has 4 nitrogen and oxygen atoms in total. The normalized spacial score (nSPS) is 16.4. The topological polar surface area (TPSA) is 63.8 Å². The molecule has 0 amide bonds. The lowest BCUT2D eigenvalue weighted by Crippen LogP contribution is -2.26. The zero-order chi connectivity index (χ0) is 9.97. The summed E-state index contributed by atoms with van der Waals surface area (Å²) in [5, 5.41) is 3.16. The number of fused-ring (bicyclic) bond motifs is 1. The highest BCUT2D eigenvalue weighted by molar-refractivity contribution is 7.98. The molecule has 1 aromatic heterocycles. The standard InChI is InChI=1S/C9H14N4S/c1-6(2-10)12-9-11-3-7-4-14-5-8(7)13-9/h3,6H,2,4-5,10H2,1H3,(H,11,12,13). The largest absolute Gasteiger partial charge is 0.350 e. The van der Waals surface area contributed by atoms with Gasteiger partial charge >= 0.3 is 0 Å². The number of anilines is 1. The lowest BCUT2D eigenvalue weighted by Gasteiger charge is -2.11. The molecule has 1 aliphatic rings. The van der Waals surface area contributed by atoms with Gasteiger partial charge in [0, 0.05) is 35.9 Å². The molecule has 1 unspecified atom stereocenters. The van der Waals surface area contributed by atoms with Crippen molar-refractivity contribution in [3.8, 4) is 0 Å². The molecule has 5 heteroatoms. The van der Waals surface area contributed by atoms with Gasteiger partial charge in [-0.05, 0) is 6.92 Å². The molecule has 0 saturated heterocycles. The second kappa shape index (κ2) is 4.14. The van der Waals surface area contributed by atoms with Crippen molar-refractivity contribution in [2.45, 2.75) is 24.5 Å². The lowest BCUT2D eigenvalue weighted by atomic mass is 10.3. The molecule has 0 saturated carbocycles. The zero-order valence-corrected chi connectivity index (χ0v) is 8.97. The minimum atomic E-state index is 0.224. The molecule has 0 spiro atoms. The Hall–Kier alpha value is -0.810. The number of nitrogens with one attached hydrogen (secondary N) is 1. The van der Waals surface area contributed by atoms with Gasteiger partial charge in [0.25, 0.3) is 0 Å². The van der Waals surface area contributed by atoms with E-state index in [-0.39, 0.29) is 6.04 Å². The quantitative estimate of drug-likeness (QED) is 0.778.